The van der Waals surface area contributed by atoms with Crippen LogP contribution in [0.25, 0.3) is 0 Å². The van der Waals surface area contributed by atoms with Crippen molar-refractivity contribution in [3.05, 3.63) is 59.7 Å². The van der Waals surface area contributed by atoms with E-state index < -0.39 is 11.5 Å². The topological polar surface area (TPSA) is 43.8 Å². The molecule has 1 aliphatic carbocycles. The Bertz CT molecular complexity index is 810. The largest absolute Gasteiger partial charge is 0.480 e. The number of benzene rings is 2. The number of aryl methyl sites for hydroxylation is 2. The molecule has 4 nitrogen and oxygen atoms in total. The van der Waals surface area contributed by atoms with Crippen LogP contribution in [-0.4, -0.2) is 41.7 Å². The van der Waals surface area contributed by atoms with Crippen LogP contribution in [0.4, 0.5) is 11.4 Å². The van der Waals surface area contributed by atoms with Gasteiger partial charge in [-0.1, -0.05) is 55.7 Å². The smallest absolute Gasteiger partial charge is 0.324 e. The lowest BCUT2D eigenvalue weighted by molar-refractivity contribution is -0.153. The average molecular weight is 393 g/mol. The molecule has 0 bridgehead atoms. The van der Waals surface area contributed by atoms with E-state index in [1.54, 1.807) is 0 Å². The van der Waals surface area contributed by atoms with Crippen LogP contribution >= 0.6 is 0 Å². The number of aliphatic carboxylic acids is 1. The van der Waals surface area contributed by atoms with Gasteiger partial charge in [0.25, 0.3) is 0 Å². The Morgan fingerprint density at radius 2 is 1.52 bits per heavy atom. The van der Waals surface area contributed by atoms with E-state index in [2.05, 4.69) is 58.3 Å². The Kier molecular flexibility index (Phi) is 5.91. The summed E-state index contributed by atoms with van der Waals surface area (Å²) in [6.45, 7) is 1.70. The zero-order valence-corrected chi connectivity index (χ0v) is 17.4. The summed E-state index contributed by atoms with van der Waals surface area (Å²) in [7, 11) is 2.00. The van der Waals surface area contributed by atoms with Gasteiger partial charge in [-0.05, 0) is 62.4 Å². The second-order valence-corrected chi connectivity index (χ2v) is 8.58. The fourth-order valence-corrected chi connectivity index (χ4v) is 5.19. The van der Waals surface area contributed by atoms with Crippen molar-refractivity contribution in [2.45, 2.75) is 56.9 Å². The van der Waals surface area contributed by atoms with Gasteiger partial charge in [0.1, 0.15) is 5.54 Å². The van der Waals surface area contributed by atoms with Crippen molar-refractivity contribution >= 4 is 17.3 Å². The number of likely N-dealkylation sites (N-methyl/N-ethyl adjacent to an activating group) is 1. The van der Waals surface area contributed by atoms with Gasteiger partial charge in [-0.25, -0.2) is 0 Å². The van der Waals surface area contributed by atoms with E-state index in [-0.39, 0.29) is 0 Å². The Labute approximate surface area is 174 Å². The molecule has 29 heavy (non-hydrogen) atoms. The summed E-state index contributed by atoms with van der Waals surface area (Å²) in [6.07, 6.45) is 7.80. The number of fused-ring (bicyclic) bond motifs is 2. The highest BCUT2D eigenvalue weighted by Gasteiger charge is 2.42. The molecule has 1 saturated carbocycles. The zero-order chi connectivity index (χ0) is 20.3. The third kappa shape index (κ3) is 3.91. The van der Waals surface area contributed by atoms with E-state index in [4.69, 9.17) is 0 Å². The minimum Gasteiger partial charge on any atom is -0.480 e. The number of rotatable bonds is 6. The van der Waals surface area contributed by atoms with Gasteiger partial charge in [0.2, 0.25) is 0 Å². The van der Waals surface area contributed by atoms with Crippen molar-refractivity contribution in [1.82, 2.24) is 4.90 Å². The van der Waals surface area contributed by atoms with Crippen molar-refractivity contribution in [1.29, 1.82) is 0 Å². The zero-order valence-electron chi connectivity index (χ0n) is 17.4. The predicted molar refractivity (Wildman–Crippen MR) is 118 cm³/mol. The summed E-state index contributed by atoms with van der Waals surface area (Å²) in [5.74, 6) is -0.648. The van der Waals surface area contributed by atoms with E-state index >= 15 is 0 Å². The Hall–Kier alpha value is -2.33. The number of anilines is 2. The minimum absolute atomic E-state index is 0.648. The van der Waals surface area contributed by atoms with Gasteiger partial charge in [0, 0.05) is 24.5 Å². The summed E-state index contributed by atoms with van der Waals surface area (Å²) < 4.78 is 0. The van der Waals surface area contributed by atoms with Gasteiger partial charge in [0.15, 0.2) is 0 Å². The molecular formula is C25H32N2O2. The number of nitrogens with zero attached hydrogens (tertiary/aromatic N) is 2. The van der Waals surface area contributed by atoms with Crippen LogP contribution < -0.4 is 4.90 Å². The van der Waals surface area contributed by atoms with Crippen LogP contribution in [0.15, 0.2) is 48.5 Å². The Morgan fingerprint density at radius 3 is 2.07 bits per heavy atom. The summed E-state index contributed by atoms with van der Waals surface area (Å²) >= 11 is 0. The van der Waals surface area contributed by atoms with Gasteiger partial charge in [0.05, 0.1) is 0 Å². The van der Waals surface area contributed by atoms with Crippen LogP contribution in [0.2, 0.25) is 0 Å². The first-order chi connectivity index (χ1) is 14.1. The van der Waals surface area contributed by atoms with E-state index in [1.165, 1.54) is 22.5 Å². The van der Waals surface area contributed by atoms with Crippen molar-refractivity contribution in [3.8, 4) is 0 Å². The van der Waals surface area contributed by atoms with E-state index in [0.717, 1.165) is 64.5 Å². The molecule has 2 aromatic rings. The summed E-state index contributed by atoms with van der Waals surface area (Å²) in [4.78, 5) is 16.7. The maximum absolute atomic E-state index is 12.1. The molecule has 1 fully saturated rings. The maximum Gasteiger partial charge on any atom is 0.324 e. The molecular weight excluding hydrogens is 360 g/mol. The molecule has 4 heteroatoms. The molecule has 0 saturated heterocycles. The van der Waals surface area contributed by atoms with E-state index in [1.807, 2.05) is 7.05 Å². The molecule has 1 aliphatic heterocycles. The molecule has 1 heterocycles. The summed E-state index contributed by atoms with van der Waals surface area (Å²) in [5, 5.41) is 9.95. The second-order valence-electron chi connectivity index (χ2n) is 8.58. The van der Waals surface area contributed by atoms with Crippen molar-refractivity contribution in [3.63, 3.8) is 0 Å². The molecule has 2 aliphatic rings. The first-order valence-corrected chi connectivity index (χ1v) is 11.0. The lowest BCUT2D eigenvalue weighted by Gasteiger charge is -2.41. The quantitative estimate of drug-likeness (QED) is 0.749. The van der Waals surface area contributed by atoms with Crippen LogP contribution in [0.5, 0.6) is 0 Å². The second kappa shape index (κ2) is 8.58. The maximum atomic E-state index is 12.1. The first kappa shape index (κ1) is 20.0. The Balaban J connectivity index is 1.51. The fourth-order valence-electron chi connectivity index (χ4n) is 5.19. The average Bonchev–Trinajstić information content (AvgIpc) is 2.91. The van der Waals surface area contributed by atoms with Gasteiger partial charge < -0.3 is 10.0 Å². The highest BCUT2D eigenvalue weighted by Crippen LogP contribution is 2.37. The molecule has 0 radical (unpaired) electrons. The number of carboxylic acid groups (broad SMARTS) is 1. The van der Waals surface area contributed by atoms with Crippen LogP contribution in [-0.2, 0) is 17.6 Å². The first-order valence-electron chi connectivity index (χ1n) is 11.0. The highest BCUT2D eigenvalue weighted by molar-refractivity contribution is 5.79. The molecule has 0 unspecified atom stereocenters. The predicted octanol–water partition coefficient (Wildman–Crippen LogP) is 5.03. The summed E-state index contributed by atoms with van der Waals surface area (Å²) in [6, 6.07) is 17.4. The molecule has 0 spiro atoms. The monoisotopic (exact) mass is 392 g/mol. The molecule has 2 aromatic carbocycles. The molecule has 0 atom stereocenters. The fraction of sp³-hybridized carbons (Fsp3) is 0.480. The van der Waals surface area contributed by atoms with Crippen LogP contribution in [0, 0.1) is 0 Å². The molecule has 0 amide bonds. The molecule has 4 rings (SSSR count). The number of hydrogen-bond donors (Lipinski definition) is 1. The highest BCUT2D eigenvalue weighted by atomic mass is 16.4. The number of carboxylic acids is 1. The standard InChI is InChI=1S/C25H32N2O2/c1-26(25(24(28)29)16-7-2-8-17-25)18-9-19-27-22-12-5-3-10-20(22)14-15-21-11-4-6-13-23(21)27/h3-6,10-13H,2,7-9,14-19H2,1H3,(H,28,29). The van der Waals surface area contributed by atoms with Gasteiger partial charge in [-0.15, -0.1) is 0 Å². The van der Waals surface area contributed by atoms with Crippen molar-refractivity contribution in [2.75, 3.05) is 25.0 Å². The summed E-state index contributed by atoms with van der Waals surface area (Å²) in [5.41, 5.74) is 4.71. The third-order valence-corrected chi connectivity index (χ3v) is 6.91. The Morgan fingerprint density at radius 1 is 0.966 bits per heavy atom. The SMILES string of the molecule is CN(CCCN1c2ccccc2CCc2ccccc21)C1(C(=O)O)CCCCC1. The number of hydrogen-bond acceptors (Lipinski definition) is 3. The lowest BCUT2D eigenvalue weighted by atomic mass is 9.80. The number of para-hydroxylation sites is 2. The lowest BCUT2D eigenvalue weighted by Crippen LogP contribution is -2.54. The number of carbonyl (C=O) groups is 1. The van der Waals surface area contributed by atoms with Gasteiger partial charge >= 0.3 is 5.97 Å². The minimum atomic E-state index is -0.674. The van der Waals surface area contributed by atoms with E-state index in [0.29, 0.717) is 0 Å². The van der Waals surface area contributed by atoms with Crippen LogP contribution in [0.1, 0.15) is 49.7 Å². The molecule has 0 aromatic heterocycles. The third-order valence-electron chi connectivity index (χ3n) is 6.91. The van der Waals surface area contributed by atoms with Gasteiger partial charge in [-0.2, -0.15) is 0 Å². The molecule has 1 N–H and O–H groups in total. The van der Waals surface area contributed by atoms with Crippen LogP contribution in [0.3, 0.4) is 0 Å². The molecule has 154 valence electrons. The van der Waals surface area contributed by atoms with E-state index in [9.17, 15) is 9.90 Å². The van der Waals surface area contributed by atoms with Crippen molar-refractivity contribution < 1.29 is 9.90 Å². The van der Waals surface area contributed by atoms with Gasteiger partial charge in [-0.3, -0.25) is 9.69 Å². The van der Waals surface area contributed by atoms with Crippen molar-refractivity contribution in [2.24, 2.45) is 0 Å². The normalized spacial score (nSPS) is 18.1.